The van der Waals surface area contributed by atoms with Gasteiger partial charge in [-0.2, -0.15) is 0 Å². The normalized spacial score (nSPS) is 23.0. The van der Waals surface area contributed by atoms with Gasteiger partial charge in [0, 0.05) is 31.9 Å². The highest BCUT2D eigenvalue weighted by molar-refractivity contribution is 5.86. The van der Waals surface area contributed by atoms with Gasteiger partial charge in [0.25, 0.3) is 5.91 Å². The van der Waals surface area contributed by atoms with Crippen molar-refractivity contribution < 1.29 is 14.3 Å². The van der Waals surface area contributed by atoms with E-state index in [1.54, 1.807) is 4.90 Å². The molecule has 0 N–H and O–H groups in total. The molecular formula is C20H29N3O3. The molecular weight excluding hydrogens is 330 g/mol. The summed E-state index contributed by atoms with van der Waals surface area (Å²) in [5.74, 6) is 0.843. The Kier molecular flexibility index (Phi) is 5.49. The first kappa shape index (κ1) is 18.7. The lowest BCUT2D eigenvalue weighted by molar-refractivity contribution is -0.146. The average molecular weight is 359 g/mol. The van der Waals surface area contributed by atoms with Crippen molar-refractivity contribution in [3.05, 3.63) is 23.5 Å². The van der Waals surface area contributed by atoms with Crippen LogP contribution in [0.3, 0.4) is 0 Å². The van der Waals surface area contributed by atoms with Gasteiger partial charge in [-0.1, -0.05) is 6.92 Å². The molecule has 26 heavy (non-hydrogen) atoms. The Morgan fingerprint density at radius 1 is 1.27 bits per heavy atom. The summed E-state index contributed by atoms with van der Waals surface area (Å²) in [5, 5.41) is 0. The smallest absolute Gasteiger partial charge is 0.260 e. The number of ether oxygens (including phenoxy) is 1. The number of hydrogen-bond donors (Lipinski definition) is 0. The summed E-state index contributed by atoms with van der Waals surface area (Å²) in [7, 11) is 0. The monoisotopic (exact) mass is 359 g/mol. The van der Waals surface area contributed by atoms with Crippen LogP contribution in [0.25, 0.3) is 0 Å². The number of hydrogen-bond acceptors (Lipinski definition) is 4. The first-order valence-electron chi connectivity index (χ1n) is 9.65. The Hall–Kier alpha value is -2.11. The third-order valence-electron chi connectivity index (χ3n) is 5.67. The second-order valence-corrected chi connectivity index (χ2v) is 7.37. The molecule has 6 nitrogen and oxygen atoms in total. The summed E-state index contributed by atoms with van der Waals surface area (Å²) >= 11 is 0. The molecule has 1 unspecified atom stereocenters. The number of aryl methyl sites for hydroxylation is 2. The summed E-state index contributed by atoms with van der Waals surface area (Å²) in [6.45, 7) is 8.73. The van der Waals surface area contributed by atoms with Crippen molar-refractivity contribution in [2.24, 2.45) is 5.41 Å². The molecule has 2 saturated heterocycles. The van der Waals surface area contributed by atoms with Gasteiger partial charge in [-0.3, -0.25) is 14.6 Å². The maximum Gasteiger partial charge on any atom is 0.260 e. The summed E-state index contributed by atoms with van der Waals surface area (Å²) in [5.41, 5.74) is 1.44. The van der Waals surface area contributed by atoms with E-state index >= 15 is 0 Å². The molecule has 3 heterocycles. The van der Waals surface area contributed by atoms with Gasteiger partial charge >= 0.3 is 0 Å². The van der Waals surface area contributed by atoms with Crippen LogP contribution in [0.15, 0.2) is 12.1 Å². The van der Waals surface area contributed by atoms with Crippen LogP contribution in [0, 0.1) is 12.3 Å². The van der Waals surface area contributed by atoms with Crippen LogP contribution >= 0.6 is 0 Å². The molecule has 2 aliphatic rings. The minimum atomic E-state index is -0.371. The molecule has 1 aromatic rings. The molecule has 0 aliphatic carbocycles. The molecule has 3 rings (SSSR count). The standard InChI is InChI=1S/C20H29N3O3/c1-4-16-17(8-7-15(3)21-16)26-13-18(24)23-12-10-20(14-23)9-6-11-22(5-2)19(20)25/h7-8H,4-6,9-14H2,1-3H3. The van der Waals surface area contributed by atoms with Crippen LogP contribution in [0.4, 0.5) is 0 Å². The largest absolute Gasteiger partial charge is 0.482 e. The topological polar surface area (TPSA) is 62.7 Å². The molecule has 0 bridgehead atoms. The van der Waals surface area contributed by atoms with Crippen LogP contribution in [0.5, 0.6) is 5.75 Å². The van der Waals surface area contributed by atoms with E-state index in [1.807, 2.05) is 37.8 Å². The molecule has 1 aromatic heterocycles. The van der Waals surface area contributed by atoms with E-state index in [2.05, 4.69) is 4.98 Å². The molecule has 1 atom stereocenters. The molecule has 2 amide bonds. The van der Waals surface area contributed by atoms with Crippen LogP contribution < -0.4 is 4.74 Å². The zero-order valence-electron chi connectivity index (χ0n) is 16.1. The third kappa shape index (κ3) is 3.55. The lowest BCUT2D eigenvalue weighted by atomic mass is 9.78. The van der Waals surface area contributed by atoms with E-state index in [9.17, 15) is 9.59 Å². The van der Waals surface area contributed by atoms with Crippen molar-refractivity contribution in [1.82, 2.24) is 14.8 Å². The second-order valence-electron chi connectivity index (χ2n) is 7.37. The van der Waals surface area contributed by atoms with E-state index in [0.717, 1.165) is 50.2 Å². The minimum Gasteiger partial charge on any atom is -0.482 e. The predicted molar refractivity (Wildman–Crippen MR) is 99.0 cm³/mol. The zero-order chi connectivity index (χ0) is 18.7. The summed E-state index contributed by atoms with van der Waals surface area (Å²) < 4.78 is 5.75. The number of aromatic nitrogens is 1. The fraction of sp³-hybridized carbons (Fsp3) is 0.650. The van der Waals surface area contributed by atoms with Crippen molar-refractivity contribution in [3.63, 3.8) is 0 Å². The number of amides is 2. The Morgan fingerprint density at radius 2 is 2.08 bits per heavy atom. The number of pyridine rings is 1. The van der Waals surface area contributed by atoms with Crippen LogP contribution in [0.2, 0.25) is 0 Å². The highest BCUT2D eigenvalue weighted by Crippen LogP contribution is 2.40. The van der Waals surface area contributed by atoms with E-state index in [1.165, 1.54) is 0 Å². The first-order valence-corrected chi connectivity index (χ1v) is 9.65. The van der Waals surface area contributed by atoms with E-state index in [0.29, 0.717) is 18.8 Å². The second kappa shape index (κ2) is 7.64. The number of nitrogens with zero attached hydrogens (tertiary/aromatic N) is 3. The van der Waals surface area contributed by atoms with Crippen molar-refractivity contribution in [2.45, 2.75) is 46.5 Å². The fourth-order valence-corrected chi connectivity index (χ4v) is 4.13. The van der Waals surface area contributed by atoms with Crippen LogP contribution in [-0.2, 0) is 16.0 Å². The SMILES string of the molecule is CCc1nc(C)ccc1OCC(=O)N1CCC2(CCCN(CC)C2=O)C1. The van der Waals surface area contributed by atoms with Crippen molar-refractivity contribution >= 4 is 11.8 Å². The summed E-state index contributed by atoms with van der Waals surface area (Å²) in [6.07, 6.45) is 3.43. The highest BCUT2D eigenvalue weighted by atomic mass is 16.5. The number of carbonyl (C=O) groups excluding carboxylic acids is 2. The predicted octanol–water partition coefficient (Wildman–Crippen LogP) is 2.19. The lowest BCUT2D eigenvalue weighted by Crippen LogP contribution is -2.50. The van der Waals surface area contributed by atoms with E-state index in [-0.39, 0.29) is 23.8 Å². The molecule has 6 heteroatoms. The Balaban J connectivity index is 1.61. The maximum absolute atomic E-state index is 12.8. The van der Waals surface area contributed by atoms with Gasteiger partial charge in [0.1, 0.15) is 5.75 Å². The molecule has 0 aromatic carbocycles. The molecule has 0 radical (unpaired) electrons. The Bertz CT molecular complexity index is 691. The number of carbonyl (C=O) groups is 2. The van der Waals surface area contributed by atoms with E-state index < -0.39 is 0 Å². The molecule has 0 saturated carbocycles. The van der Waals surface area contributed by atoms with Gasteiger partial charge in [0.2, 0.25) is 5.91 Å². The maximum atomic E-state index is 12.8. The Morgan fingerprint density at radius 3 is 2.81 bits per heavy atom. The average Bonchev–Trinajstić information content (AvgIpc) is 3.08. The van der Waals surface area contributed by atoms with Gasteiger partial charge in [-0.05, 0) is 51.7 Å². The first-order chi connectivity index (χ1) is 12.5. The highest BCUT2D eigenvalue weighted by Gasteiger charge is 2.49. The third-order valence-corrected chi connectivity index (χ3v) is 5.67. The Labute approximate surface area is 155 Å². The number of rotatable bonds is 5. The van der Waals surface area contributed by atoms with Gasteiger partial charge in [-0.25, -0.2) is 0 Å². The van der Waals surface area contributed by atoms with Crippen molar-refractivity contribution in [3.8, 4) is 5.75 Å². The van der Waals surface area contributed by atoms with E-state index in [4.69, 9.17) is 4.74 Å². The number of piperidine rings is 1. The summed E-state index contributed by atoms with van der Waals surface area (Å²) in [4.78, 5) is 33.6. The van der Waals surface area contributed by atoms with Crippen molar-refractivity contribution in [2.75, 3.05) is 32.8 Å². The molecule has 142 valence electrons. The van der Waals surface area contributed by atoms with Gasteiger partial charge in [-0.15, -0.1) is 0 Å². The van der Waals surface area contributed by atoms with Gasteiger partial charge < -0.3 is 14.5 Å². The molecule has 2 aliphatic heterocycles. The van der Waals surface area contributed by atoms with Crippen molar-refractivity contribution in [1.29, 1.82) is 0 Å². The molecule has 1 spiro atoms. The zero-order valence-corrected chi connectivity index (χ0v) is 16.1. The van der Waals surface area contributed by atoms with Gasteiger partial charge in [0.05, 0.1) is 11.1 Å². The fourth-order valence-electron chi connectivity index (χ4n) is 4.13. The minimum absolute atomic E-state index is 0.000493. The van der Waals surface area contributed by atoms with Crippen LogP contribution in [0.1, 0.15) is 44.5 Å². The lowest BCUT2D eigenvalue weighted by Gasteiger charge is -2.38. The summed E-state index contributed by atoms with van der Waals surface area (Å²) in [6, 6.07) is 3.77. The van der Waals surface area contributed by atoms with Crippen LogP contribution in [-0.4, -0.2) is 59.4 Å². The quantitative estimate of drug-likeness (QED) is 0.808. The number of likely N-dealkylation sites (tertiary alicyclic amines) is 2. The van der Waals surface area contributed by atoms with Gasteiger partial charge in [0.15, 0.2) is 6.61 Å². The molecule has 2 fully saturated rings.